The lowest BCUT2D eigenvalue weighted by Gasteiger charge is -2.17. The molecule has 1 heterocycles. The molecule has 1 saturated heterocycles. The van der Waals surface area contributed by atoms with E-state index in [4.69, 9.17) is 14.2 Å². The molecule has 0 atom stereocenters. The Bertz CT molecular complexity index is 911. The summed E-state index contributed by atoms with van der Waals surface area (Å²) in [6.45, 7) is 0.0220. The van der Waals surface area contributed by atoms with Crippen LogP contribution >= 0.6 is 11.8 Å². The molecule has 0 saturated carbocycles. The van der Waals surface area contributed by atoms with Gasteiger partial charge in [-0.3, -0.25) is 14.5 Å². The first kappa shape index (κ1) is 19.6. The Labute approximate surface area is 167 Å². The largest absolute Gasteiger partial charge is 0.497 e. The van der Waals surface area contributed by atoms with Crippen LogP contribution in [0.15, 0.2) is 47.4 Å². The molecule has 1 N–H and O–H groups in total. The molecule has 0 spiro atoms. The summed E-state index contributed by atoms with van der Waals surface area (Å²) in [6, 6.07) is 12.5. The minimum atomic E-state index is -0.347. The zero-order chi connectivity index (χ0) is 20.1. The van der Waals surface area contributed by atoms with Crippen LogP contribution in [0.1, 0.15) is 5.56 Å². The van der Waals surface area contributed by atoms with E-state index in [2.05, 4.69) is 5.32 Å². The van der Waals surface area contributed by atoms with Crippen LogP contribution in [-0.2, 0) is 4.79 Å². The van der Waals surface area contributed by atoms with Crippen molar-refractivity contribution in [3.05, 3.63) is 52.9 Å². The summed E-state index contributed by atoms with van der Waals surface area (Å²) < 4.78 is 15.6. The molecular weight excluding hydrogens is 380 g/mol. The van der Waals surface area contributed by atoms with Gasteiger partial charge in [-0.15, -0.1) is 0 Å². The molecule has 0 aromatic heterocycles. The Morgan fingerprint density at radius 1 is 0.964 bits per heavy atom. The summed E-state index contributed by atoms with van der Waals surface area (Å²) in [5.74, 6) is 1.60. The van der Waals surface area contributed by atoms with Gasteiger partial charge in [-0.05, 0) is 47.7 Å². The fourth-order valence-corrected chi connectivity index (χ4v) is 3.44. The lowest BCUT2D eigenvalue weighted by molar-refractivity contribution is -0.122. The van der Waals surface area contributed by atoms with Crippen molar-refractivity contribution in [2.75, 3.05) is 33.3 Å². The Hall–Kier alpha value is -3.13. The van der Waals surface area contributed by atoms with E-state index in [0.717, 1.165) is 28.0 Å². The van der Waals surface area contributed by atoms with Gasteiger partial charge >= 0.3 is 0 Å². The molecule has 0 unspecified atom stereocenters. The predicted molar refractivity (Wildman–Crippen MR) is 109 cm³/mol. The second kappa shape index (κ2) is 8.71. The number of hydrogen-bond donors (Lipinski definition) is 1. The number of benzene rings is 2. The average molecular weight is 400 g/mol. The number of rotatable bonds is 7. The van der Waals surface area contributed by atoms with Crippen molar-refractivity contribution in [1.82, 2.24) is 4.90 Å². The van der Waals surface area contributed by atoms with E-state index >= 15 is 0 Å². The van der Waals surface area contributed by atoms with Gasteiger partial charge in [0, 0.05) is 6.07 Å². The van der Waals surface area contributed by atoms with Crippen LogP contribution in [0.5, 0.6) is 17.2 Å². The van der Waals surface area contributed by atoms with Crippen molar-refractivity contribution in [3.63, 3.8) is 0 Å². The number of nitrogens with one attached hydrogen (secondary N) is 1. The molecule has 146 valence electrons. The molecule has 0 radical (unpaired) electrons. The topological polar surface area (TPSA) is 77.1 Å². The SMILES string of the molecule is COc1ccc(C=C2SC(=O)N(CNc3cc(OC)ccc3OC)C2=O)cc1. The van der Waals surface area contributed by atoms with Crippen molar-refractivity contribution in [2.24, 2.45) is 0 Å². The van der Waals surface area contributed by atoms with E-state index < -0.39 is 0 Å². The third-order valence-corrected chi connectivity index (χ3v) is 5.03. The van der Waals surface area contributed by atoms with Gasteiger partial charge in [0.1, 0.15) is 17.2 Å². The van der Waals surface area contributed by atoms with Gasteiger partial charge < -0.3 is 19.5 Å². The van der Waals surface area contributed by atoms with E-state index in [9.17, 15) is 9.59 Å². The normalized spacial score (nSPS) is 15.1. The standard InChI is InChI=1S/C20H20N2O5S/c1-25-14-6-4-13(5-7-14)10-18-19(23)22(20(24)28-18)12-21-16-11-15(26-2)8-9-17(16)27-3/h4-11,21H,12H2,1-3H3. The molecule has 1 fully saturated rings. The highest BCUT2D eigenvalue weighted by molar-refractivity contribution is 8.18. The highest BCUT2D eigenvalue weighted by Crippen LogP contribution is 2.33. The third kappa shape index (κ3) is 4.23. The summed E-state index contributed by atoms with van der Waals surface area (Å²) in [7, 11) is 4.70. The molecule has 28 heavy (non-hydrogen) atoms. The number of anilines is 1. The molecule has 0 aliphatic carbocycles. The smallest absolute Gasteiger partial charge is 0.295 e. The van der Waals surface area contributed by atoms with Crippen LogP contribution in [0.2, 0.25) is 0 Å². The molecule has 7 nitrogen and oxygen atoms in total. The first-order valence-electron chi connectivity index (χ1n) is 8.41. The Morgan fingerprint density at radius 3 is 2.29 bits per heavy atom. The van der Waals surface area contributed by atoms with Crippen molar-refractivity contribution in [1.29, 1.82) is 0 Å². The van der Waals surface area contributed by atoms with Crippen LogP contribution in [0, 0.1) is 0 Å². The molecule has 3 rings (SSSR count). The minimum Gasteiger partial charge on any atom is -0.497 e. The second-order valence-electron chi connectivity index (χ2n) is 5.78. The molecule has 2 aromatic rings. The van der Waals surface area contributed by atoms with E-state index in [1.54, 1.807) is 57.7 Å². The van der Waals surface area contributed by atoms with Crippen LogP contribution in [0.25, 0.3) is 6.08 Å². The first-order valence-corrected chi connectivity index (χ1v) is 9.22. The number of ether oxygens (including phenoxy) is 3. The summed E-state index contributed by atoms with van der Waals surface area (Å²) in [5.41, 5.74) is 1.44. The average Bonchev–Trinajstić information content (AvgIpc) is 2.99. The van der Waals surface area contributed by atoms with Crippen LogP contribution in [0.4, 0.5) is 10.5 Å². The lowest BCUT2D eigenvalue weighted by atomic mass is 10.2. The highest BCUT2D eigenvalue weighted by atomic mass is 32.2. The number of amides is 2. The van der Waals surface area contributed by atoms with Crippen LogP contribution in [-0.4, -0.2) is 44.0 Å². The summed E-state index contributed by atoms with van der Waals surface area (Å²) in [4.78, 5) is 26.5. The quantitative estimate of drug-likeness (QED) is 0.708. The van der Waals surface area contributed by atoms with Crippen molar-refractivity contribution >= 4 is 34.7 Å². The van der Waals surface area contributed by atoms with Gasteiger partial charge in [0.2, 0.25) is 0 Å². The summed E-state index contributed by atoms with van der Waals surface area (Å²) in [6.07, 6.45) is 1.69. The van der Waals surface area contributed by atoms with Gasteiger partial charge in [0.25, 0.3) is 11.1 Å². The van der Waals surface area contributed by atoms with Gasteiger partial charge in [-0.25, -0.2) is 0 Å². The number of thioether (sulfide) groups is 1. The predicted octanol–water partition coefficient (Wildman–Crippen LogP) is 3.82. The van der Waals surface area contributed by atoms with Gasteiger partial charge in [0.05, 0.1) is 38.6 Å². The number of methoxy groups -OCH3 is 3. The maximum absolute atomic E-state index is 12.6. The van der Waals surface area contributed by atoms with E-state index in [-0.39, 0.29) is 17.8 Å². The van der Waals surface area contributed by atoms with E-state index in [1.165, 1.54) is 0 Å². The molecule has 8 heteroatoms. The van der Waals surface area contributed by atoms with Crippen molar-refractivity contribution < 1.29 is 23.8 Å². The monoisotopic (exact) mass is 400 g/mol. The number of imide groups is 1. The maximum atomic E-state index is 12.6. The van der Waals surface area contributed by atoms with Crippen molar-refractivity contribution in [3.8, 4) is 17.2 Å². The van der Waals surface area contributed by atoms with Gasteiger partial charge in [-0.1, -0.05) is 12.1 Å². The maximum Gasteiger partial charge on any atom is 0.295 e. The molecular formula is C20H20N2O5S. The van der Waals surface area contributed by atoms with Gasteiger partial charge in [0.15, 0.2) is 0 Å². The van der Waals surface area contributed by atoms with Crippen LogP contribution in [0.3, 0.4) is 0 Å². The zero-order valence-corrected chi connectivity index (χ0v) is 16.5. The minimum absolute atomic E-state index is 0.0220. The fraction of sp³-hybridized carbons (Fsp3) is 0.200. The molecule has 2 aromatic carbocycles. The molecule has 1 aliphatic heterocycles. The Balaban J connectivity index is 1.72. The summed E-state index contributed by atoms with van der Waals surface area (Å²) in [5, 5.41) is 2.73. The fourth-order valence-electron chi connectivity index (χ4n) is 2.60. The van der Waals surface area contributed by atoms with E-state index in [1.807, 2.05) is 12.1 Å². The van der Waals surface area contributed by atoms with Crippen LogP contribution < -0.4 is 19.5 Å². The molecule has 1 aliphatic rings. The number of nitrogens with zero attached hydrogens (tertiary/aromatic N) is 1. The van der Waals surface area contributed by atoms with Gasteiger partial charge in [-0.2, -0.15) is 0 Å². The van der Waals surface area contributed by atoms with Crippen molar-refractivity contribution in [2.45, 2.75) is 0 Å². The Kier molecular flexibility index (Phi) is 6.10. The Morgan fingerprint density at radius 2 is 1.64 bits per heavy atom. The third-order valence-electron chi connectivity index (χ3n) is 4.12. The highest BCUT2D eigenvalue weighted by Gasteiger charge is 2.34. The zero-order valence-electron chi connectivity index (χ0n) is 15.7. The number of hydrogen-bond acceptors (Lipinski definition) is 7. The lowest BCUT2D eigenvalue weighted by Crippen LogP contribution is -2.33. The number of carbonyl (C=O) groups excluding carboxylic acids is 2. The molecule has 2 amide bonds. The number of carbonyl (C=O) groups is 2. The summed E-state index contributed by atoms with van der Waals surface area (Å²) >= 11 is 0.911. The second-order valence-corrected chi connectivity index (χ2v) is 6.78. The van der Waals surface area contributed by atoms with E-state index in [0.29, 0.717) is 22.1 Å². The first-order chi connectivity index (χ1) is 13.5. The molecule has 0 bridgehead atoms.